The van der Waals surface area contributed by atoms with E-state index in [0.29, 0.717) is 13.0 Å². The number of sulfone groups is 1. The van der Waals surface area contributed by atoms with E-state index in [9.17, 15) is 18.0 Å². The summed E-state index contributed by atoms with van der Waals surface area (Å²) in [6.45, 7) is 0.749. The Balaban J connectivity index is 1.89. The monoisotopic (exact) mass is 330 g/mol. The maximum absolute atomic E-state index is 12.6. The van der Waals surface area contributed by atoms with Crippen LogP contribution in [0.4, 0.5) is 0 Å². The summed E-state index contributed by atoms with van der Waals surface area (Å²) in [4.78, 5) is 26.5. The molecule has 2 aliphatic rings. The number of hydrogen-bond acceptors (Lipinski definition) is 4. The molecule has 0 aromatic heterocycles. The Kier molecular flexibility index (Phi) is 5.83. The predicted molar refractivity (Wildman–Crippen MR) is 84.0 cm³/mol. The van der Waals surface area contributed by atoms with Crippen molar-refractivity contribution in [2.75, 3.05) is 25.1 Å². The fourth-order valence-corrected chi connectivity index (χ4v) is 3.84. The number of nitrogens with zero attached hydrogens (tertiary/aromatic N) is 1. The maximum Gasteiger partial charge on any atom is 0.242 e. The molecule has 1 aliphatic carbocycles. The van der Waals surface area contributed by atoms with Crippen LogP contribution in [0, 0.1) is 5.92 Å². The van der Waals surface area contributed by atoms with Crippen LogP contribution >= 0.6 is 0 Å². The Bertz CT molecular complexity index is 512. The molecule has 1 aliphatic heterocycles. The van der Waals surface area contributed by atoms with Crippen molar-refractivity contribution >= 4 is 21.7 Å². The van der Waals surface area contributed by atoms with E-state index in [-0.39, 0.29) is 30.0 Å². The molecule has 1 atom stereocenters. The molecule has 6 nitrogen and oxygen atoms in total. The molecule has 2 rings (SSSR count). The Morgan fingerprint density at radius 1 is 1.09 bits per heavy atom. The molecule has 126 valence electrons. The number of carbonyl (C=O) groups excluding carboxylic acids is 2. The molecule has 0 bridgehead atoms. The van der Waals surface area contributed by atoms with Gasteiger partial charge < -0.3 is 10.2 Å². The van der Waals surface area contributed by atoms with Crippen LogP contribution in [0.1, 0.15) is 44.9 Å². The zero-order chi connectivity index (χ0) is 16.2. The highest BCUT2D eigenvalue weighted by Gasteiger charge is 2.37. The summed E-state index contributed by atoms with van der Waals surface area (Å²) in [6.07, 6.45) is 7.89. The van der Waals surface area contributed by atoms with Crippen molar-refractivity contribution < 1.29 is 18.0 Å². The summed E-state index contributed by atoms with van der Waals surface area (Å²) in [5, 5.41) is 2.66. The molecule has 2 amide bonds. The van der Waals surface area contributed by atoms with Gasteiger partial charge in [0, 0.05) is 25.3 Å². The number of hydrogen-bond donors (Lipinski definition) is 1. The number of amides is 2. The molecule has 0 radical (unpaired) electrons. The quantitative estimate of drug-likeness (QED) is 0.805. The number of nitrogens with one attached hydrogen (secondary N) is 1. The zero-order valence-electron chi connectivity index (χ0n) is 13.2. The third-order valence-electron chi connectivity index (χ3n) is 4.57. The van der Waals surface area contributed by atoms with Crippen LogP contribution in [0.5, 0.6) is 0 Å². The highest BCUT2D eigenvalue weighted by molar-refractivity contribution is 7.90. The lowest BCUT2D eigenvalue weighted by atomic mass is 9.88. The van der Waals surface area contributed by atoms with Crippen molar-refractivity contribution in [2.24, 2.45) is 5.92 Å². The lowest BCUT2D eigenvalue weighted by molar-refractivity contribution is -0.142. The van der Waals surface area contributed by atoms with E-state index in [4.69, 9.17) is 0 Å². The largest absolute Gasteiger partial charge is 0.353 e. The third kappa shape index (κ3) is 4.69. The van der Waals surface area contributed by atoms with Gasteiger partial charge in [0.2, 0.25) is 11.8 Å². The Morgan fingerprint density at radius 3 is 2.41 bits per heavy atom. The van der Waals surface area contributed by atoms with Crippen LogP contribution in [0.3, 0.4) is 0 Å². The molecule has 1 heterocycles. The second-order valence-electron chi connectivity index (χ2n) is 6.45. The lowest BCUT2D eigenvalue weighted by Gasteiger charge is -2.30. The van der Waals surface area contributed by atoms with Crippen LogP contribution in [0.15, 0.2) is 0 Å². The van der Waals surface area contributed by atoms with Crippen LogP contribution in [-0.4, -0.2) is 56.3 Å². The van der Waals surface area contributed by atoms with E-state index < -0.39 is 15.9 Å². The van der Waals surface area contributed by atoms with Gasteiger partial charge in [0.15, 0.2) is 0 Å². The molecular formula is C15H26N2O4S. The Labute approximate surface area is 132 Å². The highest BCUT2D eigenvalue weighted by atomic mass is 32.2. The minimum absolute atomic E-state index is 0.0674. The Morgan fingerprint density at radius 2 is 1.77 bits per heavy atom. The van der Waals surface area contributed by atoms with Gasteiger partial charge in [-0.2, -0.15) is 0 Å². The number of likely N-dealkylation sites (tertiary alicyclic amines) is 1. The average molecular weight is 330 g/mol. The standard InChI is InChI=1S/C15H26N2O4S/c1-22(20,21)11-9-16-14(18)13-8-5-10-17(13)15(19)12-6-3-2-4-7-12/h12-13H,2-11H2,1H3,(H,16,18)/t13-/m0/s1. The molecular weight excluding hydrogens is 304 g/mol. The predicted octanol–water partition coefficient (Wildman–Crippen LogP) is 0.718. The smallest absolute Gasteiger partial charge is 0.242 e. The van der Waals surface area contributed by atoms with Crippen molar-refractivity contribution in [3.63, 3.8) is 0 Å². The molecule has 0 unspecified atom stereocenters. The van der Waals surface area contributed by atoms with E-state index in [1.807, 2.05) is 0 Å². The second kappa shape index (κ2) is 7.44. The van der Waals surface area contributed by atoms with Crippen LogP contribution < -0.4 is 5.32 Å². The molecule has 0 aromatic rings. The Hall–Kier alpha value is -1.11. The van der Waals surface area contributed by atoms with Gasteiger partial charge in [0.05, 0.1) is 5.75 Å². The maximum atomic E-state index is 12.6. The second-order valence-corrected chi connectivity index (χ2v) is 8.71. The first-order valence-electron chi connectivity index (χ1n) is 8.14. The van der Waals surface area contributed by atoms with Gasteiger partial charge in [-0.25, -0.2) is 8.42 Å². The summed E-state index contributed by atoms with van der Waals surface area (Å²) in [6, 6.07) is -0.422. The third-order valence-corrected chi connectivity index (χ3v) is 5.51. The van der Waals surface area contributed by atoms with Gasteiger partial charge >= 0.3 is 0 Å². The van der Waals surface area contributed by atoms with Crippen molar-refractivity contribution in [2.45, 2.75) is 51.0 Å². The van der Waals surface area contributed by atoms with Gasteiger partial charge in [-0.3, -0.25) is 9.59 Å². The minimum atomic E-state index is -3.09. The minimum Gasteiger partial charge on any atom is -0.353 e. The van der Waals surface area contributed by atoms with E-state index >= 15 is 0 Å². The molecule has 1 saturated heterocycles. The first kappa shape index (κ1) is 17.2. The highest BCUT2D eigenvalue weighted by Crippen LogP contribution is 2.28. The first-order valence-corrected chi connectivity index (χ1v) is 10.2. The summed E-state index contributed by atoms with van der Waals surface area (Å²) in [5.74, 6) is -0.105. The van der Waals surface area contributed by atoms with Crippen molar-refractivity contribution in [1.29, 1.82) is 0 Å². The molecule has 0 spiro atoms. The molecule has 0 aromatic carbocycles. The zero-order valence-corrected chi connectivity index (χ0v) is 14.0. The van der Waals surface area contributed by atoms with Gasteiger partial charge in [0.1, 0.15) is 15.9 Å². The van der Waals surface area contributed by atoms with E-state index in [0.717, 1.165) is 38.4 Å². The normalized spacial score (nSPS) is 23.5. The molecule has 1 N–H and O–H groups in total. The van der Waals surface area contributed by atoms with Crippen molar-refractivity contribution in [3.05, 3.63) is 0 Å². The van der Waals surface area contributed by atoms with Crippen LogP contribution in [-0.2, 0) is 19.4 Å². The van der Waals surface area contributed by atoms with Gasteiger partial charge in [-0.05, 0) is 25.7 Å². The molecule has 1 saturated carbocycles. The van der Waals surface area contributed by atoms with Crippen molar-refractivity contribution in [3.8, 4) is 0 Å². The van der Waals surface area contributed by atoms with E-state index in [1.54, 1.807) is 4.90 Å². The first-order chi connectivity index (χ1) is 10.4. The van der Waals surface area contributed by atoms with Crippen molar-refractivity contribution in [1.82, 2.24) is 10.2 Å². The molecule has 22 heavy (non-hydrogen) atoms. The van der Waals surface area contributed by atoms with Gasteiger partial charge in [0.25, 0.3) is 0 Å². The van der Waals surface area contributed by atoms with Gasteiger partial charge in [-0.1, -0.05) is 19.3 Å². The number of carbonyl (C=O) groups is 2. The molecule has 7 heteroatoms. The fourth-order valence-electron chi connectivity index (χ4n) is 3.36. The van der Waals surface area contributed by atoms with Gasteiger partial charge in [-0.15, -0.1) is 0 Å². The topological polar surface area (TPSA) is 83.6 Å². The summed E-state index contributed by atoms with van der Waals surface area (Å²) >= 11 is 0. The van der Waals surface area contributed by atoms with E-state index in [1.165, 1.54) is 6.42 Å². The molecule has 2 fully saturated rings. The summed E-state index contributed by atoms with van der Waals surface area (Å²) < 4.78 is 22.2. The van der Waals surface area contributed by atoms with E-state index in [2.05, 4.69) is 5.32 Å². The summed E-state index contributed by atoms with van der Waals surface area (Å²) in [5.41, 5.74) is 0. The lowest BCUT2D eigenvalue weighted by Crippen LogP contribution is -2.48. The van der Waals surface area contributed by atoms with Crippen LogP contribution in [0.2, 0.25) is 0 Å². The SMILES string of the molecule is CS(=O)(=O)CCNC(=O)[C@@H]1CCCN1C(=O)C1CCCCC1. The fraction of sp³-hybridized carbons (Fsp3) is 0.867. The number of rotatable bonds is 5. The van der Waals surface area contributed by atoms with Crippen LogP contribution in [0.25, 0.3) is 0 Å². The summed E-state index contributed by atoms with van der Waals surface area (Å²) in [7, 11) is -3.09. The average Bonchev–Trinajstić information content (AvgIpc) is 2.95.